The first-order valence-electron chi connectivity index (χ1n) is 6.58. The Labute approximate surface area is 134 Å². The van der Waals surface area contributed by atoms with Crippen LogP contribution in [0.3, 0.4) is 0 Å². The van der Waals surface area contributed by atoms with Crippen molar-refractivity contribution in [2.45, 2.75) is 0 Å². The van der Waals surface area contributed by atoms with Crippen molar-refractivity contribution in [1.29, 1.82) is 0 Å². The Morgan fingerprint density at radius 2 is 1.36 bits per heavy atom. The van der Waals surface area contributed by atoms with Crippen molar-refractivity contribution in [3.63, 3.8) is 0 Å². The molecule has 0 radical (unpaired) electrons. The molecule has 0 aliphatic heterocycles. The Kier molecular flexibility index (Phi) is 4.67. The van der Waals surface area contributed by atoms with E-state index in [1.165, 1.54) is 31.3 Å². The zero-order valence-electron chi connectivity index (χ0n) is 11.7. The fourth-order valence-corrected chi connectivity index (χ4v) is 3.71. The molecule has 0 bridgehead atoms. The van der Waals surface area contributed by atoms with Gasteiger partial charge in [0.05, 0.1) is 0 Å². The third kappa shape index (κ3) is 2.64. The molecular weight excluding hydrogens is 291 g/mol. The molecule has 3 aromatic carbocycles. The molecule has 0 aliphatic rings. The summed E-state index contributed by atoms with van der Waals surface area (Å²) in [5.41, 5.74) is 3.19. The Morgan fingerprint density at radius 3 is 2.18 bits per heavy atom. The number of fused-ring (bicyclic) bond motifs is 3. The minimum absolute atomic E-state index is 0. The molecule has 1 aromatic heterocycles. The molecular formula is C18H13BO2S. The monoisotopic (exact) mass is 304 g/mol. The van der Waals surface area contributed by atoms with Gasteiger partial charge in [0.15, 0.2) is 0 Å². The molecule has 0 saturated heterocycles. The van der Waals surface area contributed by atoms with Crippen molar-refractivity contribution in [1.82, 2.24) is 0 Å². The third-order valence-electron chi connectivity index (χ3n) is 3.60. The van der Waals surface area contributed by atoms with Crippen LogP contribution in [0.4, 0.5) is 0 Å². The zero-order chi connectivity index (χ0) is 13.5. The predicted molar refractivity (Wildman–Crippen MR) is 94.0 cm³/mol. The quantitative estimate of drug-likeness (QED) is 0.496. The number of benzene rings is 3. The maximum Gasteiger partial charge on any atom is -0.870 e. The van der Waals surface area contributed by atoms with Crippen LogP contribution >= 0.6 is 11.3 Å². The van der Waals surface area contributed by atoms with Gasteiger partial charge >= 0.3 is 123 Å². The van der Waals surface area contributed by atoms with E-state index >= 15 is 0 Å². The summed E-state index contributed by atoms with van der Waals surface area (Å²) in [6.45, 7) is 0. The molecule has 4 rings (SSSR count). The van der Waals surface area contributed by atoms with Gasteiger partial charge in [0.25, 0.3) is 0 Å². The van der Waals surface area contributed by atoms with E-state index in [4.69, 9.17) is 7.85 Å². The first kappa shape index (κ1) is 16.2. The molecule has 22 heavy (non-hydrogen) atoms. The normalized spacial score (nSPS) is 10.3. The largest absolute Gasteiger partial charge is 0.870 e. The summed E-state index contributed by atoms with van der Waals surface area (Å²) < 4.78 is 2.67. The molecule has 2 N–H and O–H groups in total. The smallest absolute Gasteiger partial charge is 0.870 e. The number of hydrogen-bond acceptors (Lipinski definition) is 3. The molecule has 0 spiro atoms. The molecule has 0 amide bonds. The van der Waals surface area contributed by atoms with Gasteiger partial charge in [-0.3, -0.25) is 0 Å². The van der Waals surface area contributed by atoms with Crippen LogP contribution < -0.4 is 5.46 Å². The molecule has 2 nitrogen and oxygen atoms in total. The fraction of sp³-hybridized carbons (Fsp3) is 0. The van der Waals surface area contributed by atoms with E-state index in [-0.39, 0.29) is 11.0 Å². The van der Waals surface area contributed by atoms with Gasteiger partial charge in [0.1, 0.15) is 0 Å². The summed E-state index contributed by atoms with van der Waals surface area (Å²) in [6.07, 6.45) is 0. The van der Waals surface area contributed by atoms with Crippen LogP contribution in [-0.2, 0) is 0 Å². The van der Waals surface area contributed by atoms with Gasteiger partial charge in [-0.05, 0) is 0 Å². The summed E-state index contributed by atoms with van der Waals surface area (Å²) >= 11 is 1.84. The standard InChI is InChI=1S/C18H11BS.2H2O/c19-14-5-3-4-12(10-14)13-8-9-18-16(11-13)15-6-1-2-7-17(15)20-18;;/h1-11H;2*1H2/q+2;;/p-2. The first-order valence-corrected chi connectivity index (χ1v) is 7.40. The molecule has 0 aliphatic carbocycles. The van der Waals surface area contributed by atoms with Gasteiger partial charge in [-0.25, -0.2) is 0 Å². The van der Waals surface area contributed by atoms with Crippen molar-refractivity contribution < 1.29 is 11.0 Å². The van der Waals surface area contributed by atoms with Crippen molar-refractivity contribution in [3.05, 3.63) is 66.7 Å². The number of hydrogen-bond donors (Lipinski definition) is 0. The summed E-state index contributed by atoms with van der Waals surface area (Å²) in [5, 5.41) is 2.66. The summed E-state index contributed by atoms with van der Waals surface area (Å²) in [4.78, 5) is 0. The van der Waals surface area contributed by atoms with Gasteiger partial charge in [-0.1, -0.05) is 0 Å². The van der Waals surface area contributed by atoms with E-state index in [0.717, 1.165) is 5.46 Å². The topological polar surface area (TPSA) is 60.0 Å². The molecule has 0 atom stereocenters. The van der Waals surface area contributed by atoms with Crippen molar-refractivity contribution in [3.8, 4) is 11.1 Å². The second-order valence-electron chi connectivity index (χ2n) is 4.93. The van der Waals surface area contributed by atoms with Crippen LogP contribution in [0.2, 0.25) is 0 Å². The van der Waals surface area contributed by atoms with Gasteiger partial charge in [0.2, 0.25) is 0 Å². The van der Waals surface area contributed by atoms with E-state index in [1.807, 2.05) is 29.5 Å². The maximum atomic E-state index is 5.88. The summed E-state index contributed by atoms with van der Waals surface area (Å²) in [5.74, 6) is 0. The fourth-order valence-electron chi connectivity index (χ4n) is 2.62. The van der Waals surface area contributed by atoms with E-state index in [1.54, 1.807) is 0 Å². The molecule has 4 heteroatoms. The van der Waals surface area contributed by atoms with Crippen LogP contribution in [0, 0.1) is 0 Å². The van der Waals surface area contributed by atoms with Crippen LogP contribution in [0.15, 0.2) is 66.7 Å². The summed E-state index contributed by atoms with van der Waals surface area (Å²) in [6, 6.07) is 23.3. The van der Waals surface area contributed by atoms with Crippen LogP contribution in [0.1, 0.15) is 0 Å². The predicted octanol–water partition coefficient (Wildman–Crippen LogP) is 4.16. The maximum absolute atomic E-state index is 5.88. The molecule has 4 aromatic rings. The minimum atomic E-state index is 0. The van der Waals surface area contributed by atoms with Crippen molar-refractivity contribution >= 4 is 44.8 Å². The first-order chi connectivity index (χ1) is 9.81. The molecule has 106 valence electrons. The van der Waals surface area contributed by atoms with E-state index in [0.29, 0.717) is 0 Å². The third-order valence-corrected chi connectivity index (χ3v) is 4.75. The Bertz CT molecular complexity index is 931. The second-order valence-corrected chi connectivity index (χ2v) is 6.02. The number of thiophene rings is 1. The molecule has 1 heterocycles. The average Bonchev–Trinajstić information content (AvgIpc) is 2.85. The zero-order valence-corrected chi connectivity index (χ0v) is 12.5. The van der Waals surface area contributed by atoms with Crippen LogP contribution in [0.5, 0.6) is 0 Å². The van der Waals surface area contributed by atoms with E-state index in [9.17, 15) is 0 Å². The molecule has 0 unspecified atom stereocenters. The van der Waals surface area contributed by atoms with Crippen LogP contribution in [0.25, 0.3) is 31.3 Å². The van der Waals surface area contributed by atoms with Gasteiger partial charge in [-0.15, -0.1) is 0 Å². The Hall–Kier alpha value is -2.14. The second kappa shape index (κ2) is 6.32. The van der Waals surface area contributed by atoms with Crippen molar-refractivity contribution in [2.24, 2.45) is 0 Å². The average molecular weight is 304 g/mol. The SMILES string of the molecule is [B+2]c1cccc(-c2ccc3sc4ccccc4c3c2)c1.[OH-].[OH-]. The van der Waals surface area contributed by atoms with Gasteiger partial charge in [-0.2, -0.15) is 0 Å². The van der Waals surface area contributed by atoms with Gasteiger partial charge < -0.3 is 11.0 Å². The molecule has 0 saturated carbocycles. The minimum Gasteiger partial charge on any atom is -0.870 e. The Balaban J connectivity index is 0.000000882. The van der Waals surface area contributed by atoms with E-state index < -0.39 is 0 Å². The summed E-state index contributed by atoms with van der Waals surface area (Å²) in [7, 11) is 5.88. The van der Waals surface area contributed by atoms with Crippen LogP contribution in [-0.4, -0.2) is 18.8 Å². The van der Waals surface area contributed by atoms with Gasteiger partial charge in [0, 0.05) is 0 Å². The van der Waals surface area contributed by atoms with Crippen molar-refractivity contribution in [2.75, 3.05) is 0 Å². The number of rotatable bonds is 1. The molecule has 0 fully saturated rings. The van der Waals surface area contributed by atoms with E-state index in [2.05, 4.69) is 48.5 Å². The Morgan fingerprint density at radius 1 is 0.636 bits per heavy atom.